The van der Waals surface area contributed by atoms with Gasteiger partial charge in [0.05, 0.1) is 0 Å². The Morgan fingerprint density at radius 3 is 2.33 bits per heavy atom. The quantitative estimate of drug-likeness (QED) is 0.303. The van der Waals surface area contributed by atoms with Crippen LogP contribution < -0.4 is 5.32 Å². The molecule has 0 spiro atoms. The molecule has 3 aromatic rings. The van der Waals surface area contributed by atoms with E-state index < -0.39 is 59.4 Å². The number of aryl methyl sites for hydroxylation is 1. The first-order valence-electron chi connectivity index (χ1n) is 9.96. The molecule has 1 saturated carbocycles. The van der Waals surface area contributed by atoms with E-state index in [1.54, 1.807) is 0 Å². The standard InChI is InChI=1S/C20H14ClF9N4O2/c1-34-15(14(19(25,26)27)16(32-34)18(23,24)20(28,29)30)12-6-13(36-33-12)7-2-3-9(21)8(4-7)17(35)31-11-5-10(11)22/h2-4,6,10-11,17,31,35H,5H2,1H3. The fourth-order valence-electron chi connectivity index (χ4n) is 3.50. The van der Waals surface area contributed by atoms with Gasteiger partial charge in [-0.25, -0.2) is 4.39 Å². The lowest BCUT2D eigenvalue weighted by Gasteiger charge is -2.19. The van der Waals surface area contributed by atoms with Crippen molar-refractivity contribution in [2.75, 3.05) is 0 Å². The molecule has 6 nitrogen and oxygen atoms in total. The van der Waals surface area contributed by atoms with E-state index >= 15 is 0 Å². The number of hydrogen-bond donors (Lipinski definition) is 2. The monoisotopic (exact) mass is 548 g/mol. The van der Waals surface area contributed by atoms with Crippen molar-refractivity contribution < 1.29 is 49.1 Å². The first kappa shape index (κ1) is 26.3. The Kier molecular flexibility index (Phi) is 6.32. The number of nitrogens with zero attached hydrogens (tertiary/aromatic N) is 3. The lowest BCUT2D eigenvalue weighted by molar-refractivity contribution is -0.292. The van der Waals surface area contributed by atoms with Gasteiger partial charge in [0.25, 0.3) is 0 Å². The number of rotatable bonds is 6. The van der Waals surface area contributed by atoms with Crippen molar-refractivity contribution in [3.63, 3.8) is 0 Å². The number of aliphatic hydroxyl groups is 1. The minimum atomic E-state index is -6.34. The topological polar surface area (TPSA) is 76.1 Å². The number of nitrogens with one attached hydrogen (secondary N) is 1. The number of aliphatic hydroxyl groups excluding tert-OH is 1. The molecule has 16 heteroatoms. The average Bonchev–Trinajstić information content (AvgIpc) is 3.13. The van der Waals surface area contributed by atoms with Crippen LogP contribution in [0.3, 0.4) is 0 Å². The first-order chi connectivity index (χ1) is 16.5. The normalized spacial score (nSPS) is 19.6. The summed E-state index contributed by atoms with van der Waals surface area (Å²) in [5, 5.41) is 19.1. The first-order valence-corrected chi connectivity index (χ1v) is 10.3. The van der Waals surface area contributed by atoms with Crippen molar-refractivity contribution in [2.24, 2.45) is 7.05 Å². The summed E-state index contributed by atoms with van der Waals surface area (Å²) in [7, 11) is 0.743. The zero-order valence-corrected chi connectivity index (χ0v) is 18.5. The van der Waals surface area contributed by atoms with E-state index in [4.69, 9.17) is 16.1 Å². The Labute approximate surface area is 200 Å². The van der Waals surface area contributed by atoms with E-state index in [0.717, 1.165) is 13.1 Å². The van der Waals surface area contributed by atoms with Gasteiger partial charge in [0.15, 0.2) is 11.5 Å². The minimum absolute atomic E-state index is 0.0552. The van der Waals surface area contributed by atoms with Crippen LogP contribution in [-0.2, 0) is 19.1 Å². The van der Waals surface area contributed by atoms with Gasteiger partial charge in [-0.05, 0) is 24.6 Å². The average molecular weight is 549 g/mol. The molecule has 1 aliphatic rings. The van der Waals surface area contributed by atoms with Gasteiger partial charge in [-0.1, -0.05) is 16.8 Å². The zero-order valence-electron chi connectivity index (χ0n) is 17.7. The van der Waals surface area contributed by atoms with E-state index in [1.807, 2.05) is 0 Å². The van der Waals surface area contributed by atoms with Gasteiger partial charge in [-0.2, -0.15) is 40.2 Å². The largest absolute Gasteiger partial charge is 0.459 e. The fourth-order valence-corrected chi connectivity index (χ4v) is 3.72. The minimum Gasteiger partial charge on any atom is -0.374 e. The van der Waals surface area contributed by atoms with Crippen LogP contribution in [0.4, 0.5) is 39.5 Å². The van der Waals surface area contributed by atoms with E-state index in [9.17, 15) is 44.6 Å². The van der Waals surface area contributed by atoms with Crippen molar-refractivity contribution in [3.05, 3.63) is 46.1 Å². The molecule has 1 aliphatic carbocycles. The van der Waals surface area contributed by atoms with Crippen molar-refractivity contribution in [3.8, 4) is 22.7 Å². The highest BCUT2D eigenvalue weighted by atomic mass is 35.5. The third-order valence-corrected chi connectivity index (χ3v) is 5.74. The summed E-state index contributed by atoms with van der Waals surface area (Å²) in [6.07, 6.45) is -14.4. The highest BCUT2D eigenvalue weighted by Gasteiger charge is 2.64. The maximum atomic E-state index is 13.9. The maximum absolute atomic E-state index is 13.9. The molecule has 2 N–H and O–H groups in total. The van der Waals surface area contributed by atoms with Gasteiger partial charge in [-0.3, -0.25) is 10.00 Å². The molecule has 196 valence electrons. The Bertz CT molecular complexity index is 1290. The van der Waals surface area contributed by atoms with Crippen LogP contribution in [0.2, 0.25) is 5.02 Å². The summed E-state index contributed by atoms with van der Waals surface area (Å²) in [5.41, 5.74) is -6.60. The van der Waals surface area contributed by atoms with Gasteiger partial charge < -0.3 is 9.63 Å². The van der Waals surface area contributed by atoms with Crippen LogP contribution in [0.5, 0.6) is 0 Å². The molecule has 2 heterocycles. The SMILES string of the molecule is Cn1nc(C(F)(F)C(F)(F)F)c(C(F)(F)F)c1-c1cc(-c2ccc(Cl)c(C(O)NC3CC3F)c2)on1. The van der Waals surface area contributed by atoms with Crippen LogP contribution >= 0.6 is 11.6 Å². The molecule has 0 bridgehead atoms. The summed E-state index contributed by atoms with van der Waals surface area (Å²) in [6.45, 7) is 0. The summed E-state index contributed by atoms with van der Waals surface area (Å²) in [4.78, 5) is 0. The molecular formula is C20H14ClF9N4O2. The Morgan fingerprint density at radius 2 is 1.78 bits per heavy atom. The molecule has 1 fully saturated rings. The van der Waals surface area contributed by atoms with Gasteiger partial charge in [0, 0.05) is 35.3 Å². The molecule has 3 unspecified atom stereocenters. The lowest BCUT2D eigenvalue weighted by atomic mass is 10.0. The number of hydrogen-bond acceptors (Lipinski definition) is 5. The summed E-state index contributed by atoms with van der Waals surface area (Å²) >= 11 is 6.05. The maximum Gasteiger partial charge on any atom is 0.459 e. The number of aromatic nitrogens is 3. The fraction of sp³-hybridized carbons (Fsp3) is 0.400. The van der Waals surface area contributed by atoms with Crippen molar-refractivity contribution >= 4 is 11.6 Å². The van der Waals surface area contributed by atoms with Crippen molar-refractivity contribution in [1.29, 1.82) is 0 Å². The molecule has 1 aromatic carbocycles. The van der Waals surface area contributed by atoms with Crippen LogP contribution in [0.1, 0.15) is 29.5 Å². The van der Waals surface area contributed by atoms with Crippen molar-refractivity contribution in [1.82, 2.24) is 20.3 Å². The molecule has 0 aliphatic heterocycles. The zero-order chi connectivity index (χ0) is 26.8. The number of alkyl halides is 9. The number of halogens is 10. The van der Waals surface area contributed by atoms with Crippen LogP contribution in [0, 0.1) is 0 Å². The van der Waals surface area contributed by atoms with Gasteiger partial charge in [0.2, 0.25) is 0 Å². The molecule has 0 amide bonds. The molecule has 3 atom stereocenters. The third kappa shape index (κ3) is 4.66. The van der Waals surface area contributed by atoms with E-state index in [2.05, 4.69) is 15.6 Å². The Balaban J connectivity index is 1.76. The van der Waals surface area contributed by atoms with E-state index in [0.29, 0.717) is 0 Å². The highest BCUT2D eigenvalue weighted by Crippen LogP contribution is 2.50. The molecule has 0 saturated heterocycles. The molecule has 36 heavy (non-hydrogen) atoms. The van der Waals surface area contributed by atoms with Gasteiger partial charge in [-0.15, -0.1) is 0 Å². The summed E-state index contributed by atoms with van der Waals surface area (Å²) in [5.74, 6) is -6.14. The van der Waals surface area contributed by atoms with Gasteiger partial charge >= 0.3 is 18.3 Å². The predicted molar refractivity (Wildman–Crippen MR) is 105 cm³/mol. The predicted octanol–water partition coefficient (Wildman–Crippen LogP) is 5.76. The molecular weight excluding hydrogens is 535 g/mol. The Morgan fingerprint density at radius 1 is 1.14 bits per heavy atom. The van der Waals surface area contributed by atoms with Crippen LogP contribution in [0.25, 0.3) is 22.7 Å². The third-order valence-electron chi connectivity index (χ3n) is 5.40. The van der Waals surface area contributed by atoms with Crippen molar-refractivity contribution in [2.45, 2.75) is 43.1 Å². The second kappa shape index (κ2) is 8.66. The second-order valence-corrected chi connectivity index (χ2v) is 8.41. The number of benzene rings is 1. The highest BCUT2D eigenvalue weighted by molar-refractivity contribution is 6.31. The van der Waals surface area contributed by atoms with E-state index in [-0.39, 0.29) is 33.0 Å². The Hall–Kier alpha value is -2.78. The molecule has 0 radical (unpaired) electrons. The second-order valence-electron chi connectivity index (χ2n) is 8.01. The summed E-state index contributed by atoms with van der Waals surface area (Å²) < 4.78 is 126. The molecule has 2 aromatic heterocycles. The van der Waals surface area contributed by atoms with Gasteiger partial charge in [0.1, 0.15) is 29.4 Å². The van der Waals surface area contributed by atoms with Crippen LogP contribution in [-0.4, -0.2) is 38.4 Å². The van der Waals surface area contributed by atoms with Crippen LogP contribution in [0.15, 0.2) is 28.8 Å². The van der Waals surface area contributed by atoms with E-state index in [1.165, 1.54) is 18.2 Å². The lowest BCUT2D eigenvalue weighted by Crippen LogP contribution is -2.36. The molecule has 4 rings (SSSR count). The smallest absolute Gasteiger partial charge is 0.374 e. The summed E-state index contributed by atoms with van der Waals surface area (Å²) in [6, 6.07) is 4.16.